The fourth-order valence-corrected chi connectivity index (χ4v) is 3.33. The lowest BCUT2D eigenvalue weighted by Crippen LogP contribution is -2.49. The van der Waals surface area contributed by atoms with Crippen LogP contribution in [0.3, 0.4) is 0 Å². The molecular weight excluding hydrogens is 375 g/mol. The van der Waals surface area contributed by atoms with Crippen LogP contribution in [-0.2, 0) is 0 Å². The topological polar surface area (TPSA) is 69.5 Å². The molecule has 1 fully saturated rings. The Labute approximate surface area is 161 Å². The number of anilines is 1. The molecule has 0 N–H and O–H groups in total. The zero-order valence-electron chi connectivity index (χ0n) is 14.1. The molecular formula is C18H16Cl2N4O2. The summed E-state index contributed by atoms with van der Waals surface area (Å²) in [6, 6.07) is 8.79. The largest absolute Gasteiger partial charge is 0.494 e. The van der Waals surface area contributed by atoms with Crippen molar-refractivity contribution in [2.75, 3.05) is 38.2 Å². The maximum atomic E-state index is 12.9. The molecule has 2 aromatic rings. The van der Waals surface area contributed by atoms with E-state index in [0.717, 1.165) is 5.82 Å². The van der Waals surface area contributed by atoms with Gasteiger partial charge in [-0.2, -0.15) is 5.26 Å². The maximum absolute atomic E-state index is 12.9. The molecule has 2 heterocycles. The SMILES string of the molecule is COc1c(Cl)ccc(Cl)c1C(=O)N1CCN(c2ccc(C#N)cn2)CC1. The summed E-state index contributed by atoms with van der Waals surface area (Å²) in [6.45, 7) is 2.30. The number of hydrogen-bond acceptors (Lipinski definition) is 5. The summed E-state index contributed by atoms with van der Waals surface area (Å²) in [5, 5.41) is 9.51. The first-order valence-electron chi connectivity index (χ1n) is 7.97. The molecule has 0 spiro atoms. The van der Waals surface area contributed by atoms with Crippen molar-refractivity contribution >= 4 is 34.9 Å². The van der Waals surface area contributed by atoms with Gasteiger partial charge in [0.1, 0.15) is 17.5 Å². The molecule has 0 atom stereocenters. The van der Waals surface area contributed by atoms with Crippen molar-refractivity contribution in [3.05, 3.63) is 51.6 Å². The lowest BCUT2D eigenvalue weighted by atomic mass is 10.1. The van der Waals surface area contributed by atoms with Gasteiger partial charge in [0.05, 0.1) is 22.7 Å². The van der Waals surface area contributed by atoms with Gasteiger partial charge in [0.2, 0.25) is 0 Å². The van der Waals surface area contributed by atoms with E-state index in [9.17, 15) is 4.79 Å². The van der Waals surface area contributed by atoms with Crippen LogP contribution < -0.4 is 9.64 Å². The fourth-order valence-electron chi connectivity index (χ4n) is 2.87. The summed E-state index contributed by atoms with van der Waals surface area (Å²) in [7, 11) is 1.46. The predicted octanol–water partition coefficient (Wildman–Crippen LogP) is 3.23. The van der Waals surface area contributed by atoms with Crippen LogP contribution >= 0.6 is 23.2 Å². The number of aromatic nitrogens is 1. The molecule has 1 amide bonds. The van der Waals surface area contributed by atoms with Crippen molar-refractivity contribution in [1.29, 1.82) is 5.26 Å². The average molecular weight is 391 g/mol. The van der Waals surface area contributed by atoms with Gasteiger partial charge in [0.25, 0.3) is 5.91 Å². The van der Waals surface area contributed by atoms with Crippen molar-refractivity contribution in [1.82, 2.24) is 9.88 Å². The van der Waals surface area contributed by atoms with Crippen LogP contribution in [0.4, 0.5) is 5.82 Å². The number of methoxy groups -OCH3 is 1. The van der Waals surface area contributed by atoms with Crippen molar-refractivity contribution in [3.8, 4) is 11.8 Å². The summed E-state index contributed by atoms with van der Waals surface area (Å²) < 4.78 is 5.27. The molecule has 1 aromatic heterocycles. The van der Waals surface area contributed by atoms with E-state index in [-0.39, 0.29) is 11.5 Å². The molecule has 0 aliphatic carbocycles. The minimum Gasteiger partial charge on any atom is -0.494 e. The third kappa shape index (κ3) is 3.55. The second-order valence-electron chi connectivity index (χ2n) is 5.73. The number of pyridine rings is 1. The fraction of sp³-hybridized carbons (Fsp3) is 0.278. The number of halogens is 2. The number of amides is 1. The van der Waals surface area contributed by atoms with E-state index in [1.165, 1.54) is 7.11 Å². The normalized spacial score (nSPS) is 14.1. The zero-order chi connectivity index (χ0) is 18.7. The van der Waals surface area contributed by atoms with E-state index in [2.05, 4.69) is 9.88 Å². The number of carbonyl (C=O) groups is 1. The number of rotatable bonds is 3. The number of nitriles is 1. The first-order chi connectivity index (χ1) is 12.5. The Hall–Kier alpha value is -2.49. The van der Waals surface area contributed by atoms with Crippen LogP contribution in [-0.4, -0.2) is 49.1 Å². The van der Waals surface area contributed by atoms with Crippen LogP contribution in [0.5, 0.6) is 5.75 Å². The zero-order valence-corrected chi connectivity index (χ0v) is 15.6. The number of nitrogens with zero attached hydrogens (tertiary/aromatic N) is 4. The van der Waals surface area contributed by atoms with Crippen LogP contribution in [0.25, 0.3) is 0 Å². The lowest BCUT2D eigenvalue weighted by Gasteiger charge is -2.35. The first kappa shape index (κ1) is 18.3. The molecule has 1 saturated heterocycles. The predicted molar refractivity (Wildman–Crippen MR) is 100 cm³/mol. The van der Waals surface area contributed by atoms with Crippen LogP contribution in [0.15, 0.2) is 30.5 Å². The van der Waals surface area contributed by atoms with Gasteiger partial charge >= 0.3 is 0 Å². The molecule has 1 aliphatic heterocycles. The molecule has 8 heteroatoms. The highest BCUT2D eigenvalue weighted by molar-refractivity contribution is 6.37. The van der Waals surface area contributed by atoms with Crippen LogP contribution in [0, 0.1) is 11.3 Å². The summed E-state index contributed by atoms with van der Waals surface area (Å²) >= 11 is 12.3. The summed E-state index contributed by atoms with van der Waals surface area (Å²) in [6.07, 6.45) is 1.55. The van der Waals surface area contributed by atoms with Crippen molar-refractivity contribution in [2.45, 2.75) is 0 Å². The van der Waals surface area contributed by atoms with Gasteiger partial charge in [-0.3, -0.25) is 4.79 Å². The second-order valence-corrected chi connectivity index (χ2v) is 6.55. The Morgan fingerprint density at radius 1 is 1.15 bits per heavy atom. The van der Waals surface area contributed by atoms with Gasteiger partial charge in [-0.15, -0.1) is 0 Å². The van der Waals surface area contributed by atoms with Gasteiger partial charge in [0.15, 0.2) is 5.75 Å². The summed E-state index contributed by atoms with van der Waals surface area (Å²) in [4.78, 5) is 21.0. The van der Waals surface area contributed by atoms with Crippen molar-refractivity contribution in [3.63, 3.8) is 0 Å². The minimum absolute atomic E-state index is 0.207. The standard InChI is InChI=1S/C18H16Cl2N4O2/c1-26-17-14(20)4-3-13(19)16(17)18(25)24-8-6-23(7-9-24)15-5-2-12(10-21)11-22-15/h2-5,11H,6-9H2,1H3. The molecule has 0 radical (unpaired) electrons. The molecule has 26 heavy (non-hydrogen) atoms. The molecule has 134 valence electrons. The lowest BCUT2D eigenvalue weighted by molar-refractivity contribution is 0.0743. The number of ether oxygens (including phenoxy) is 1. The van der Waals surface area contributed by atoms with Gasteiger partial charge in [-0.25, -0.2) is 4.98 Å². The Morgan fingerprint density at radius 3 is 2.42 bits per heavy atom. The van der Waals surface area contributed by atoms with E-state index in [1.54, 1.807) is 29.3 Å². The third-order valence-electron chi connectivity index (χ3n) is 4.24. The van der Waals surface area contributed by atoms with Gasteiger partial charge in [-0.1, -0.05) is 23.2 Å². The van der Waals surface area contributed by atoms with E-state index < -0.39 is 0 Å². The van der Waals surface area contributed by atoms with E-state index in [4.69, 9.17) is 33.2 Å². The quantitative estimate of drug-likeness (QED) is 0.804. The highest BCUT2D eigenvalue weighted by Crippen LogP contribution is 2.35. The summed E-state index contributed by atoms with van der Waals surface area (Å²) in [5.74, 6) is 0.872. The molecule has 3 rings (SSSR count). The minimum atomic E-state index is -0.207. The highest BCUT2D eigenvalue weighted by Gasteiger charge is 2.27. The Balaban J connectivity index is 1.73. The van der Waals surface area contributed by atoms with E-state index in [0.29, 0.717) is 47.5 Å². The average Bonchev–Trinajstić information content (AvgIpc) is 2.69. The third-order valence-corrected chi connectivity index (χ3v) is 4.86. The van der Waals surface area contributed by atoms with Gasteiger partial charge in [0, 0.05) is 32.4 Å². The van der Waals surface area contributed by atoms with E-state index in [1.807, 2.05) is 12.1 Å². The molecule has 0 bridgehead atoms. The number of carbonyl (C=O) groups excluding carboxylic acids is 1. The highest BCUT2D eigenvalue weighted by atomic mass is 35.5. The van der Waals surface area contributed by atoms with E-state index >= 15 is 0 Å². The molecule has 1 aliphatic rings. The number of hydrogen-bond donors (Lipinski definition) is 0. The van der Waals surface area contributed by atoms with Crippen molar-refractivity contribution in [2.24, 2.45) is 0 Å². The van der Waals surface area contributed by atoms with Gasteiger partial charge in [-0.05, 0) is 24.3 Å². The Morgan fingerprint density at radius 2 is 1.85 bits per heavy atom. The molecule has 6 nitrogen and oxygen atoms in total. The van der Waals surface area contributed by atoms with Crippen molar-refractivity contribution < 1.29 is 9.53 Å². The Kier molecular flexibility index (Phi) is 5.50. The Bertz CT molecular complexity index is 857. The summed E-state index contributed by atoms with van der Waals surface area (Å²) in [5.41, 5.74) is 0.803. The number of piperazine rings is 1. The molecule has 0 saturated carbocycles. The maximum Gasteiger partial charge on any atom is 0.259 e. The monoisotopic (exact) mass is 390 g/mol. The number of benzene rings is 1. The first-order valence-corrected chi connectivity index (χ1v) is 8.73. The molecule has 1 aromatic carbocycles. The van der Waals surface area contributed by atoms with Crippen LogP contribution in [0.2, 0.25) is 10.0 Å². The second kappa shape index (κ2) is 7.81. The van der Waals surface area contributed by atoms with Gasteiger partial charge < -0.3 is 14.5 Å². The smallest absolute Gasteiger partial charge is 0.259 e. The molecule has 0 unspecified atom stereocenters. The van der Waals surface area contributed by atoms with Crippen LogP contribution in [0.1, 0.15) is 15.9 Å².